The SMILES string of the molecule is CN=CC(C)c1ccc(N)c(C(=N)c2cc(N3CCCC(C)(O)C3)ncn2)c1. The number of hydrogen-bond donors (Lipinski definition) is 3. The Labute approximate surface area is 165 Å². The summed E-state index contributed by atoms with van der Waals surface area (Å²) in [6, 6.07) is 7.51. The minimum Gasteiger partial charge on any atom is -0.398 e. The van der Waals surface area contributed by atoms with Crippen molar-refractivity contribution in [3.8, 4) is 0 Å². The van der Waals surface area contributed by atoms with Crippen molar-refractivity contribution >= 4 is 23.4 Å². The maximum atomic E-state index is 10.4. The van der Waals surface area contributed by atoms with Crippen LogP contribution in [0.4, 0.5) is 11.5 Å². The van der Waals surface area contributed by atoms with E-state index >= 15 is 0 Å². The van der Waals surface area contributed by atoms with Crippen LogP contribution in [0.15, 0.2) is 35.6 Å². The third-order valence-electron chi connectivity index (χ3n) is 5.15. The van der Waals surface area contributed by atoms with E-state index in [1.165, 1.54) is 6.33 Å². The van der Waals surface area contributed by atoms with Gasteiger partial charge in [0.05, 0.1) is 17.0 Å². The van der Waals surface area contributed by atoms with Gasteiger partial charge in [0.1, 0.15) is 12.1 Å². The van der Waals surface area contributed by atoms with E-state index in [4.69, 9.17) is 11.1 Å². The van der Waals surface area contributed by atoms with E-state index in [-0.39, 0.29) is 11.6 Å². The molecule has 2 heterocycles. The summed E-state index contributed by atoms with van der Waals surface area (Å²) in [6.07, 6.45) is 5.01. The number of anilines is 2. The molecule has 1 fully saturated rings. The fourth-order valence-corrected chi connectivity index (χ4v) is 3.59. The highest BCUT2D eigenvalue weighted by atomic mass is 16.3. The molecular weight excluding hydrogens is 352 g/mol. The van der Waals surface area contributed by atoms with Gasteiger partial charge in [-0.2, -0.15) is 0 Å². The van der Waals surface area contributed by atoms with Crippen molar-refractivity contribution in [1.82, 2.24) is 9.97 Å². The standard InChI is InChI=1S/C21H28N6O/c1-14(11-24-3)15-5-6-17(22)16(9-15)20(23)18-10-19(26-13-25-18)27-8-4-7-21(2,28)12-27/h5-6,9-11,13-14,23,28H,4,7-8,12,22H2,1-3H3. The molecular formula is C21H28N6O. The second-order valence-corrected chi connectivity index (χ2v) is 7.70. The van der Waals surface area contributed by atoms with Crippen molar-refractivity contribution in [2.45, 2.75) is 38.2 Å². The average molecular weight is 380 g/mol. The summed E-state index contributed by atoms with van der Waals surface area (Å²) in [4.78, 5) is 14.8. The third kappa shape index (κ3) is 4.36. The molecule has 0 amide bonds. The van der Waals surface area contributed by atoms with Crippen LogP contribution in [0.5, 0.6) is 0 Å². The second-order valence-electron chi connectivity index (χ2n) is 7.70. The van der Waals surface area contributed by atoms with Crippen molar-refractivity contribution in [2.24, 2.45) is 4.99 Å². The molecule has 2 unspecified atom stereocenters. The average Bonchev–Trinajstić information content (AvgIpc) is 2.67. The smallest absolute Gasteiger partial charge is 0.132 e. The predicted octanol–water partition coefficient (Wildman–Crippen LogP) is 2.63. The monoisotopic (exact) mass is 380 g/mol. The number of nitrogens with one attached hydrogen (secondary N) is 1. The Morgan fingerprint density at radius 1 is 1.39 bits per heavy atom. The van der Waals surface area contributed by atoms with E-state index in [1.54, 1.807) is 13.1 Å². The van der Waals surface area contributed by atoms with Crippen LogP contribution in [0, 0.1) is 5.41 Å². The Kier molecular flexibility index (Phi) is 5.74. The molecule has 7 nitrogen and oxygen atoms in total. The van der Waals surface area contributed by atoms with Crippen molar-refractivity contribution < 1.29 is 5.11 Å². The van der Waals surface area contributed by atoms with E-state index in [0.29, 0.717) is 23.5 Å². The quantitative estimate of drug-likeness (QED) is 0.545. The summed E-state index contributed by atoms with van der Waals surface area (Å²) in [7, 11) is 1.75. The molecule has 0 aliphatic carbocycles. The summed E-state index contributed by atoms with van der Waals surface area (Å²) >= 11 is 0. The first-order valence-electron chi connectivity index (χ1n) is 9.51. The summed E-state index contributed by atoms with van der Waals surface area (Å²) < 4.78 is 0. The fraction of sp³-hybridized carbons (Fsp3) is 0.429. The largest absolute Gasteiger partial charge is 0.398 e. The van der Waals surface area contributed by atoms with E-state index < -0.39 is 5.60 Å². The van der Waals surface area contributed by atoms with Gasteiger partial charge in [-0.3, -0.25) is 5.41 Å². The topological polar surface area (TPSA) is 111 Å². The molecule has 7 heteroatoms. The second kappa shape index (κ2) is 8.06. The number of β-amino-alcohol motifs (C(OH)–C–C–N with tert-alkyl or cyclic N) is 1. The highest BCUT2D eigenvalue weighted by Crippen LogP contribution is 2.26. The van der Waals surface area contributed by atoms with Gasteiger partial charge in [0, 0.05) is 49.6 Å². The molecule has 1 saturated heterocycles. The van der Waals surface area contributed by atoms with Gasteiger partial charge >= 0.3 is 0 Å². The Morgan fingerprint density at radius 2 is 2.18 bits per heavy atom. The third-order valence-corrected chi connectivity index (χ3v) is 5.15. The van der Waals surface area contributed by atoms with Crippen LogP contribution in [0.3, 0.4) is 0 Å². The van der Waals surface area contributed by atoms with Gasteiger partial charge in [-0.05, 0) is 37.5 Å². The lowest BCUT2D eigenvalue weighted by Gasteiger charge is -2.37. The van der Waals surface area contributed by atoms with Crippen molar-refractivity contribution in [1.29, 1.82) is 5.41 Å². The summed E-state index contributed by atoms with van der Waals surface area (Å²) in [5, 5.41) is 19.0. The van der Waals surface area contributed by atoms with Crippen LogP contribution in [0.25, 0.3) is 0 Å². The molecule has 4 N–H and O–H groups in total. The number of benzene rings is 1. The molecule has 0 spiro atoms. The van der Waals surface area contributed by atoms with E-state index in [9.17, 15) is 5.11 Å². The normalized spacial score (nSPS) is 21.1. The van der Waals surface area contributed by atoms with Gasteiger partial charge in [-0.25, -0.2) is 9.97 Å². The van der Waals surface area contributed by atoms with Gasteiger partial charge in [0.15, 0.2) is 0 Å². The zero-order valence-electron chi connectivity index (χ0n) is 16.7. The summed E-state index contributed by atoms with van der Waals surface area (Å²) in [5.74, 6) is 0.852. The van der Waals surface area contributed by atoms with Crippen molar-refractivity contribution in [3.05, 3.63) is 47.4 Å². The zero-order valence-corrected chi connectivity index (χ0v) is 16.7. The van der Waals surface area contributed by atoms with Crippen LogP contribution >= 0.6 is 0 Å². The summed E-state index contributed by atoms with van der Waals surface area (Å²) in [6.45, 7) is 5.24. The van der Waals surface area contributed by atoms with Gasteiger partial charge in [0.25, 0.3) is 0 Å². The minimum atomic E-state index is -0.730. The van der Waals surface area contributed by atoms with Crippen LogP contribution in [-0.2, 0) is 0 Å². The van der Waals surface area contributed by atoms with Gasteiger partial charge < -0.3 is 20.7 Å². The molecule has 148 valence electrons. The molecule has 1 aromatic carbocycles. The molecule has 1 aliphatic rings. The number of aliphatic imine (C=N–C) groups is 1. The Bertz CT molecular complexity index is 892. The lowest BCUT2D eigenvalue weighted by Crippen LogP contribution is -2.46. The zero-order chi connectivity index (χ0) is 20.3. The van der Waals surface area contributed by atoms with Gasteiger partial charge in [0.2, 0.25) is 0 Å². The maximum absolute atomic E-state index is 10.4. The van der Waals surface area contributed by atoms with Crippen molar-refractivity contribution in [3.63, 3.8) is 0 Å². The highest BCUT2D eigenvalue weighted by Gasteiger charge is 2.29. The number of aromatic nitrogens is 2. The molecule has 3 rings (SSSR count). The van der Waals surface area contributed by atoms with E-state index in [2.05, 4.69) is 21.9 Å². The minimum absolute atomic E-state index is 0.133. The first-order chi connectivity index (χ1) is 13.3. The molecule has 0 saturated carbocycles. The molecule has 0 radical (unpaired) electrons. The summed E-state index contributed by atoms with van der Waals surface area (Å²) in [5.41, 5.74) is 8.42. The molecule has 1 aromatic heterocycles. The van der Waals surface area contributed by atoms with E-state index in [0.717, 1.165) is 30.8 Å². The maximum Gasteiger partial charge on any atom is 0.132 e. The lowest BCUT2D eigenvalue weighted by atomic mass is 9.95. The number of aliphatic hydroxyl groups is 1. The van der Waals surface area contributed by atoms with E-state index in [1.807, 2.05) is 36.2 Å². The predicted molar refractivity (Wildman–Crippen MR) is 114 cm³/mol. The number of hydrogen-bond acceptors (Lipinski definition) is 7. The molecule has 28 heavy (non-hydrogen) atoms. The number of rotatable bonds is 5. The highest BCUT2D eigenvalue weighted by molar-refractivity contribution is 6.13. The number of nitrogens with two attached hydrogens (primary N) is 1. The number of nitrogen functional groups attached to an aromatic ring is 1. The molecule has 1 aliphatic heterocycles. The first-order valence-corrected chi connectivity index (χ1v) is 9.51. The lowest BCUT2D eigenvalue weighted by molar-refractivity contribution is 0.0447. The fourth-order valence-electron chi connectivity index (χ4n) is 3.59. The first kappa shape index (κ1) is 19.9. The Hall–Kier alpha value is -2.80. The Balaban J connectivity index is 1.90. The molecule has 0 bridgehead atoms. The molecule has 2 aromatic rings. The molecule has 2 atom stereocenters. The van der Waals surface area contributed by atoms with Gasteiger partial charge in [-0.1, -0.05) is 13.0 Å². The Morgan fingerprint density at radius 3 is 2.89 bits per heavy atom. The van der Waals surface area contributed by atoms with Crippen LogP contribution in [0.2, 0.25) is 0 Å². The van der Waals surface area contributed by atoms with Crippen LogP contribution in [-0.4, -0.2) is 52.7 Å². The van der Waals surface area contributed by atoms with Crippen LogP contribution in [0.1, 0.15) is 49.4 Å². The van der Waals surface area contributed by atoms with Crippen molar-refractivity contribution in [2.75, 3.05) is 30.8 Å². The van der Waals surface area contributed by atoms with Gasteiger partial charge in [-0.15, -0.1) is 0 Å². The number of nitrogens with zero attached hydrogens (tertiary/aromatic N) is 4. The van der Waals surface area contributed by atoms with Crippen LogP contribution < -0.4 is 10.6 Å². The number of piperidine rings is 1.